The van der Waals surface area contributed by atoms with E-state index in [1.807, 2.05) is 0 Å². The van der Waals surface area contributed by atoms with Crippen molar-refractivity contribution in [3.63, 3.8) is 0 Å². The number of carbonyl (C=O) groups excluding carboxylic acids is 1. The second-order valence-corrected chi connectivity index (χ2v) is 8.71. The highest BCUT2D eigenvalue weighted by Gasteiger charge is 2.34. The van der Waals surface area contributed by atoms with Crippen molar-refractivity contribution < 1.29 is 58.2 Å². The Bertz CT molecular complexity index is 1290. The molecule has 0 unspecified atom stereocenters. The topological polar surface area (TPSA) is 73.3 Å². The summed E-state index contributed by atoms with van der Waals surface area (Å²) >= 11 is 0.457. The number of aromatic nitrogens is 2. The van der Waals surface area contributed by atoms with Crippen molar-refractivity contribution in [1.82, 2.24) is 9.97 Å². The smallest absolute Gasteiger partial charge is 0.433 e. The van der Waals surface area contributed by atoms with Gasteiger partial charge in [0.05, 0.1) is 11.4 Å². The van der Waals surface area contributed by atoms with Crippen LogP contribution in [-0.2, 0) is 11.0 Å². The molecular formula is C23H15F10N3O3S. The molecular weight excluding hydrogens is 588 g/mol. The van der Waals surface area contributed by atoms with Gasteiger partial charge < -0.3 is 14.8 Å². The largest absolute Gasteiger partial charge is 0.484 e. The van der Waals surface area contributed by atoms with Crippen LogP contribution in [0.4, 0.5) is 49.6 Å². The first-order valence-corrected chi connectivity index (χ1v) is 11.6. The van der Waals surface area contributed by atoms with Crippen LogP contribution in [0.5, 0.6) is 11.5 Å². The van der Waals surface area contributed by atoms with E-state index in [2.05, 4.69) is 24.8 Å². The molecule has 0 atom stereocenters. The van der Waals surface area contributed by atoms with Crippen molar-refractivity contribution in [3.8, 4) is 22.8 Å². The Morgan fingerprint density at radius 2 is 1.35 bits per heavy atom. The van der Waals surface area contributed by atoms with Gasteiger partial charge in [-0.25, -0.2) is 14.4 Å². The van der Waals surface area contributed by atoms with Gasteiger partial charge in [-0.2, -0.15) is 39.5 Å². The van der Waals surface area contributed by atoms with Crippen molar-refractivity contribution in [2.75, 3.05) is 24.3 Å². The van der Waals surface area contributed by atoms with Crippen LogP contribution >= 0.6 is 11.8 Å². The van der Waals surface area contributed by atoms with Gasteiger partial charge in [0.1, 0.15) is 23.0 Å². The molecule has 1 N–H and O–H groups in total. The van der Waals surface area contributed by atoms with Crippen LogP contribution in [-0.4, -0.2) is 47.2 Å². The lowest BCUT2D eigenvalue weighted by Crippen LogP contribution is -2.21. The highest BCUT2D eigenvalue weighted by Crippen LogP contribution is 2.33. The molecule has 0 radical (unpaired) electrons. The van der Waals surface area contributed by atoms with E-state index in [-0.39, 0.29) is 16.9 Å². The lowest BCUT2D eigenvalue weighted by molar-refractivity contribution is -0.154. The fourth-order valence-corrected chi connectivity index (χ4v) is 3.53. The van der Waals surface area contributed by atoms with Gasteiger partial charge in [-0.3, -0.25) is 4.79 Å². The van der Waals surface area contributed by atoms with E-state index in [9.17, 15) is 48.7 Å². The molecule has 0 spiro atoms. The normalized spacial score (nSPS) is 12.2. The van der Waals surface area contributed by atoms with Crippen molar-refractivity contribution in [2.24, 2.45) is 0 Å². The van der Waals surface area contributed by atoms with Gasteiger partial charge in [-0.1, -0.05) is 11.8 Å². The third-order valence-electron chi connectivity index (χ3n) is 4.44. The number of ether oxygens (including phenoxy) is 2. The summed E-state index contributed by atoms with van der Waals surface area (Å²) in [6, 6.07) is 7.51. The minimum atomic E-state index is -4.89. The quantitative estimate of drug-likeness (QED) is 0.163. The SMILES string of the molecule is O=C(CSc1nc(-c2ccc(F)cc2)cc(C(F)(F)F)n1)Nc1cc(OCC(F)(F)F)cc(OCC(F)(F)F)c1. The van der Waals surface area contributed by atoms with E-state index in [0.717, 1.165) is 30.3 Å². The average molecular weight is 603 g/mol. The van der Waals surface area contributed by atoms with Crippen LogP contribution in [0.25, 0.3) is 11.3 Å². The summed E-state index contributed by atoms with van der Waals surface area (Å²) in [5.41, 5.74) is -1.75. The van der Waals surface area contributed by atoms with E-state index in [0.29, 0.717) is 17.8 Å². The molecule has 1 aromatic heterocycles. The van der Waals surface area contributed by atoms with Crippen LogP contribution in [0.2, 0.25) is 0 Å². The van der Waals surface area contributed by atoms with Gasteiger partial charge in [-0.15, -0.1) is 0 Å². The Morgan fingerprint density at radius 1 is 0.800 bits per heavy atom. The van der Waals surface area contributed by atoms with E-state index in [1.165, 1.54) is 12.1 Å². The van der Waals surface area contributed by atoms with Gasteiger partial charge in [0.15, 0.2) is 18.4 Å². The number of alkyl halides is 9. The molecule has 1 amide bonds. The number of benzene rings is 2. The molecule has 6 nitrogen and oxygen atoms in total. The van der Waals surface area contributed by atoms with Crippen LogP contribution in [0.3, 0.4) is 0 Å². The number of hydrogen-bond donors (Lipinski definition) is 1. The zero-order valence-electron chi connectivity index (χ0n) is 19.5. The molecule has 0 aliphatic rings. The van der Waals surface area contributed by atoms with Gasteiger partial charge in [-0.05, 0) is 30.3 Å². The monoisotopic (exact) mass is 603 g/mol. The van der Waals surface area contributed by atoms with E-state index in [4.69, 9.17) is 0 Å². The van der Waals surface area contributed by atoms with Crippen LogP contribution in [0.1, 0.15) is 5.69 Å². The predicted octanol–water partition coefficient (Wildman–Crippen LogP) is 6.91. The fourth-order valence-electron chi connectivity index (χ4n) is 2.87. The van der Waals surface area contributed by atoms with Crippen molar-refractivity contribution in [2.45, 2.75) is 23.7 Å². The van der Waals surface area contributed by atoms with Gasteiger partial charge in [0.25, 0.3) is 0 Å². The first kappa shape index (κ1) is 30.8. The van der Waals surface area contributed by atoms with Gasteiger partial charge in [0, 0.05) is 29.4 Å². The van der Waals surface area contributed by atoms with Crippen molar-refractivity contribution in [3.05, 3.63) is 60.0 Å². The molecule has 1 heterocycles. The maximum Gasteiger partial charge on any atom is 0.433 e. The lowest BCUT2D eigenvalue weighted by atomic mass is 10.1. The molecule has 0 saturated carbocycles. The van der Waals surface area contributed by atoms with Crippen molar-refractivity contribution in [1.29, 1.82) is 0 Å². The second-order valence-electron chi connectivity index (χ2n) is 7.76. The summed E-state index contributed by atoms with van der Waals surface area (Å²) in [6.07, 6.45) is -14.4. The standard InChI is InChI=1S/C23H15F10N3O3S/c24-13-3-1-12(2-4-13)17-8-18(23(31,32)33)36-20(35-17)40-9-19(37)34-14-5-15(38-10-21(25,26)27)7-16(6-14)39-11-22(28,29)30/h1-8H,9-11H2,(H,34,37). The number of halogens is 10. The molecule has 0 fully saturated rings. The molecule has 0 aliphatic heterocycles. The predicted molar refractivity (Wildman–Crippen MR) is 121 cm³/mol. The van der Waals surface area contributed by atoms with E-state index in [1.54, 1.807) is 0 Å². The first-order chi connectivity index (χ1) is 18.5. The number of anilines is 1. The first-order valence-electron chi connectivity index (χ1n) is 10.7. The molecule has 40 heavy (non-hydrogen) atoms. The summed E-state index contributed by atoms with van der Waals surface area (Å²) in [5, 5.41) is 1.70. The molecule has 216 valence electrons. The molecule has 3 rings (SSSR count). The van der Waals surface area contributed by atoms with Crippen LogP contribution < -0.4 is 14.8 Å². The second kappa shape index (κ2) is 12.2. The summed E-state index contributed by atoms with van der Waals surface area (Å²) in [6.45, 7) is -3.58. The maximum absolute atomic E-state index is 13.4. The molecule has 0 bridgehead atoms. The minimum Gasteiger partial charge on any atom is -0.484 e. The number of carbonyl (C=O) groups is 1. The molecule has 3 aromatic rings. The Balaban J connectivity index is 1.78. The van der Waals surface area contributed by atoms with E-state index >= 15 is 0 Å². The minimum absolute atomic E-state index is 0.127. The zero-order chi connectivity index (χ0) is 29.7. The van der Waals surface area contributed by atoms with E-state index < -0.39 is 71.6 Å². The summed E-state index contributed by atoms with van der Waals surface area (Å²) in [5.74, 6) is -3.34. The Hall–Kier alpha value is -3.76. The third kappa shape index (κ3) is 10.1. The third-order valence-corrected chi connectivity index (χ3v) is 5.28. The Morgan fingerprint density at radius 3 is 1.85 bits per heavy atom. The lowest BCUT2D eigenvalue weighted by Gasteiger charge is -2.15. The number of nitrogens with one attached hydrogen (secondary N) is 1. The molecule has 17 heteroatoms. The number of rotatable bonds is 9. The summed E-state index contributed by atoms with van der Waals surface area (Å²) < 4.78 is 137. The van der Waals surface area contributed by atoms with Crippen LogP contribution in [0, 0.1) is 5.82 Å². The molecule has 2 aromatic carbocycles. The fraction of sp³-hybridized carbons (Fsp3) is 0.261. The summed E-state index contributed by atoms with van der Waals surface area (Å²) in [4.78, 5) is 19.7. The Kier molecular flexibility index (Phi) is 9.37. The van der Waals surface area contributed by atoms with Gasteiger partial charge in [0.2, 0.25) is 5.91 Å². The highest BCUT2D eigenvalue weighted by atomic mass is 32.2. The number of nitrogens with zero attached hydrogens (tertiary/aromatic N) is 2. The Labute approximate surface area is 222 Å². The number of thioether (sulfide) groups is 1. The van der Waals surface area contributed by atoms with Crippen LogP contribution in [0.15, 0.2) is 53.7 Å². The highest BCUT2D eigenvalue weighted by molar-refractivity contribution is 7.99. The van der Waals surface area contributed by atoms with Crippen molar-refractivity contribution >= 4 is 23.4 Å². The maximum atomic E-state index is 13.4. The van der Waals surface area contributed by atoms with Gasteiger partial charge >= 0.3 is 18.5 Å². The molecule has 0 saturated heterocycles. The average Bonchev–Trinajstić information content (AvgIpc) is 2.84. The summed E-state index contributed by atoms with van der Waals surface area (Å²) in [7, 11) is 0. The number of hydrogen-bond acceptors (Lipinski definition) is 6. The number of amides is 1. The zero-order valence-corrected chi connectivity index (χ0v) is 20.4. The molecule has 0 aliphatic carbocycles.